The summed E-state index contributed by atoms with van der Waals surface area (Å²) in [4.78, 5) is 1.61. The number of hydrazine groups is 1. The Bertz CT molecular complexity index is 989. The quantitative estimate of drug-likeness (QED) is 0.659. The smallest absolute Gasteiger partial charge is 0.103 e. The molecule has 5 heteroatoms. The van der Waals surface area contributed by atoms with Gasteiger partial charge in [-0.15, -0.1) is 0 Å². The number of hydrogen-bond acceptors (Lipinski definition) is 2. The normalized spacial score (nSPS) is 15.6. The summed E-state index contributed by atoms with van der Waals surface area (Å²) in [7, 11) is 0. The van der Waals surface area contributed by atoms with Crippen molar-refractivity contribution in [2.45, 2.75) is 6.54 Å². The van der Waals surface area contributed by atoms with Crippen molar-refractivity contribution in [1.82, 2.24) is 10.4 Å². The Morgan fingerprint density at radius 1 is 0.964 bits per heavy atom. The van der Waals surface area contributed by atoms with E-state index in [9.17, 15) is 0 Å². The van der Waals surface area contributed by atoms with Crippen LogP contribution in [-0.2, 0) is 6.54 Å². The van der Waals surface area contributed by atoms with Crippen molar-refractivity contribution in [3.05, 3.63) is 88.4 Å². The molecule has 0 aliphatic carbocycles. The van der Waals surface area contributed by atoms with Gasteiger partial charge in [0, 0.05) is 11.3 Å². The molecule has 3 aromatic carbocycles. The van der Waals surface area contributed by atoms with Gasteiger partial charge in [0.05, 0.1) is 36.2 Å². The molecule has 1 aliphatic heterocycles. The van der Waals surface area contributed by atoms with Gasteiger partial charge in [-0.3, -0.25) is 0 Å². The Hall–Kier alpha value is -2.04. The first-order valence-corrected chi connectivity index (χ1v) is 10.3. The van der Waals surface area contributed by atoms with Gasteiger partial charge in [0.2, 0.25) is 0 Å². The molecule has 28 heavy (non-hydrogen) atoms. The minimum atomic E-state index is 0.548. The summed E-state index contributed by atoms with van der Waals surface area (Å²) in [6.45, 7) is 9.33. The number of quaternary nitrogens is 1. The Kier molecular flexibility index (Phi) is 5.88. The van der Waals surface area contributed by atoms with E-state index < -0.39 is 0 Å². The lowest BCUT2D eigenvalue weighted by Crippen LogP contribution is -3.13. The fourth-order valence-corrected chi connectivity index (χ4v) is 4.06. The van der Waals surface area contributed by atoms with Gasteiger partial charge in [-0.05, 0) is 28.5 Å². The molecule has 0 unspecified atom stereocenters. The molecule has 0 saturated carbocycles. The van der Waals surface area contributed by atoms with Gasteiger partial charge in [-0.25, -0.2) is 5.01 Å². The van der Waals surface area contributed by atoms with Crippen LogP contribution in [0.1, 0.15) is 11.1 Å². The second-order valence-corrected chi connectivity index (χ2v) is 8.09. The highest BCUT2D eigenvalue weighted by atomic mass is 35.5. The summed E-state index contributed by atoms with van der Waals surface area (Å²) in [5.74, 6) is 0. The van der Waals surface area contributed by atoms with Gasteiger partial charge in [-0.1, -0.05) is 78.3 Å². The Labute approximate surface area is 176 Å². The van der Waals surface area contributed by atoms with Crippen LogP contribution in [0.3, 0.4) is 0 Å². The number of piperazine rings is 1. The molecule has 144 valence electrons. The predicted molar refractivity (Wildman–Crippen MR) is 119 cm³/mol. The molecule has 1 aliphatic rings. The van der Waals surface area contributed by atoms with Crippen molar-refractivity contribution in [3.63, 3.8) is 0 Å². The number of benzene rings is 3. The van der Waals surface area contributed by atoms with E-state index in [0.29, 0.717) is 10.0 Å². The second-order valence-electron chi connectivity index (χ2n) is 7.27. The van der Waals surface area contributed by atoms with E-state index in [1.165, 1.54) is 16.3 Å². The van der Waals surface area contributed by atoms with E-state index in [1.807, 2.05) is 12.1 Å². The highest BCUT2D eigenvalue weighted by Gasteiger charge is 2.21. The summed E-state index contributed by atoms with van der Waals surface area (Å²) in [6, 6.07) is 20.8. The molecule has 1 heterocycles. The highest BCUT2D eigenvalue weighted by molar-refractivity contribution is 6.42. The number of halogens is 2. The Morgan fingerprint density at radius 3 is 2.50 bits per heavy atom. The number of hydrogen-bond donors (Lipinski definition) is 2. The number of rotatable bonds is 5. The van der Waals surface area contributed by atoms with Crippen molar-refractivity contribution in [2.24, 2.45) is 0 Å². The molecular formula is C23H24Cl2N3+. The summed E-state index contributed by atoms with van der Waals surface area (Å²) in [5.41, 5.74) is 6.65. The lowest BCUT2D eigenvalue weighted by molar-refractivity contribution is -0.918. The van der Waals surface area contributed by atoms with Crippen LogP contribution < -0.4 is 10.3 Å². The molecular weight excluding hydrogens is 389 g/mol. The van der Waals surface area contributed by atoms with Crippen LogP contribution in [0.25, 0.3) is 16.5 Å². The van der Waals surface area contributed by atoms with Crippen LogP contribution in [0.15, 0.2) is 67.2 Å². The third-order valence-corrected chi connectivity index (χ3v) is 6.09. The maximum atomic E-state index is 6.12. The van der Waals surface area contributed by atoms with Crippen molar-refractivity contribution in [2.75, 3.05) is 26.2 Å². The zero-order valence-electron chi connectivity index (χ0n) is 15.7. The van der Waals surface area contributed by atoms with Crippen LogP contribution in [0.2, 0.25) is 10.0 Å². The molecule has 1 fully saturated rings. The van der Waals surface area contributed by atoms with E-state index in [1.54, 1.807) is 11.0 Å². The van der Waals surface area contributed by atoms with E-state index in [2.05, 4.69) is 59.5 Å². The van der Waals surface area contributed by atoms with E-state index in [4.69, 9.17) is 23.2 Å². The largest absolute Gasteiger partial charge is 0.329 e. The fraction of sp³-hybridized carbons (Fsp3) is 0.217. The van der Waals surface area contributed by atoms with Crippen LogP contribution in [0.4, 0.5) is 0 Å². The molecule has 0 atom stereocenters. The minimum Gasteiger partial charge on any atom is -0.329 e. The lowest BCUT2D eigenvalue weighted by Gasteiger charge is -2.33. The van der Waals surface area contributed by atoms with Gasteiger partial charge < -0.3 is 10.3 Å². The van der Waals surface area contributed by atoms with Crippen LogP contribution in [-0.4, -0.2) is 31.2 Å². The SMILES string of the molecule is C=C(NN1CC[NH+](Cc2cccc3ccccc23)CC1)c1ccc(Cl)c(Cl)c1. The summed E-state index contributed by atoms with van der Waals surface area (Å²) < 4.78 is 0. The molecule has 0 aromatic heterocycles. The van der Waals surface area contributed by atoms with Crippen molar-refractivity contribution in [1.29, 1.82) is 0 Å². The topological polar surface area (TPSA) is 19.7 Å². The fourth-order valence-electron chi connectivity index (χ4n) is 3.77. The Morgan fingerprint density at radius 2 is 1.71 bits per heavy atom. The maximum Gasteiger partial charge on any atom is 0.103 e. The molecule has 0 radical (unpaired) electrons. The standard InChI is InChI=1S/C23H23Cl2N3/c1-17(19-9-10-22(24)23(25)15-19)26-28-13-11-27(12-14-28)16-20-7-4-6-18-5-2-3-8-21(18)20/h2-10,15,26H,1,11-14,16H2/p+1. The molecule has 0 bridgehead atoms. The monoisotopic (exact) mass is 412 g/mol. The van der Waals surface area contributed by atoms with Crippen molar-refractivity contribution < 1.29 is 4.90 Å². The highest BCUT2D eigenvalue weighted by Crippen LogP contribution is 2.25. The van der Waals surface area contributed by atoms with Gasteiger partial charge >= 0.3 is 0 Å². The summed E-state index contributed by atoms with van der Waals surface area (Å²) in [6.07, 6.45) is 0. The number of nitrogens with one attached hydrogen (secondary N) is 2. The zero-order valence-corrected chi connectivity index (χ0v) is 17.2. The number of fused-ring (bicyclic) bond motifs is 1. The predicted octanol–water partition coefficient (Wildman–Crippen LogP) is 4.02. The molecule has 2 N–H and O–H groups in total. The van der Waals surface area contributed by atoms with Crippen LogP contribution >= 0.6 is 23.2 Å². The molecule has 0 amide bonds. The minimum absolute atomic E-state index is 0.548. The van der Waals surface area contributed by atoms with Crippen LogP contribution in [0.5, 0.6) is 0 Å². The first-order chi connectivity index (χ1) is 13.6. The average molecular weight is 413 g/mol. The molecule has 3 aromatic rings. The van der Waals surface area contributed by atoms with E-state index in [-0.39, 0.29) is 0 Å². The van der Waals surface area contributed by atoms with Gasteiger partial charge in [0.15, 0.2) is 0 Å². The average Bonchev–Trinajstić information content (AvgIpc) is 2.72. The van der Waals surface area contributed by atoms with E-state index >= 15 is 0 Å². The van der Waals surface area contributed by atoms with Gasteiger partial charge in [-0.2, -0.15) is 0 Å². The van der Waals surface area contributed by atoms with Crippen molar-refractivity contribution in [3.8, 4) is 0 Å². The summed E-state index contributed by atoms with van der Waals surface area (Å²) in [5, 5.41) is 6.02. The van der Waals surface area contributed by atoms with Crippen LogP contribution in [0, 0.1) is 0 Å². The second kappa shape index (κ2) is 8.54. The van der Waals surface area contributed by atoms with E-state index in [0.717, 1.165) is 44.0 Å². The third kappa shape index (κ3) is 4.34. The first kappa shape index (κ1) is 19.3. The Balaban J connectivity index is 1.34. The lowest BCUT2D eigenvalue weighted by atomic mass is 10.0. The van der Waals surface area contributed by atoms with Gasteiger partial charge in [0.1, 0.15) is 6.54 Å². The molecule has 4 rings (SSSR count). The number of nitrogens with zero attached hydrogens (tertiary/aromatic N) is 1. The molecule has 1 saturated heterocycles. The summed E-state index contributed by atoms with van der Waals surface area (Å²) >= 11 is 12.1. The van der Waals surface area contributed by atoms with Crippen molar-refractivity contribution >= 4 is 39.7 Å². The molecule has 0 spiro atoms. The molecule has 3 nitrogen and oxygen atoms in total. The first-order valence-electron chi connectivity index (χ1n) is 9.56. The third-order valence-electron chi connectivity index (χ3n) is 5.35. The maximum absolute atomic E-state index is 6.12. The zero-order chi connectivity index (χ0) is 19.5. The van der Waals surface area contributed by atoms with Gasteiger partial charge in [0.25, 0.3) is 0 Å².